The molecule has 2 nitrogen and oxygen atoms in total. The Bertz CT molecular complexity index is 156. The third kappa shape index (κ3) is 4.12. The van der Waals surface area contributed by atoms with Gasteiger partial charge in [0.2, 0.25) is 5.91 Å². The van der Waals surface area contributed by atoms with Crippen molar-refractivity contribution in [2.75, 3.05) is 6.54 Å². The molecule has 86 valence electrons. The summed E-state index contributed by atoms with van der Waals surface area (Å²) in [6, 6.07) is 0.440. The van der Waals surface area contributed by atoms with E-state index in [4.69, 9.17) is 0 Å². The van der Waals surface area contributed by atoms with Gasteiger partial charge in [0.05, 0.1) is 0 Å². The normalized spacial score (nSPS) is 19.0. The van der Waals surface area contributed by atoms with Gasteiger partial charge in [-0.3, -0.25) is 4.79 Å². The van der Waals surface area contributed by atoms with Crippen LogP contribution in [0.25, 0.3) is 0 Å². The zero-order valence-electron chi connectivity index (χ0n) is 8.18. The molecule has 1 fully saturated rings. The van der Waals surface area contributed by atoms with Gasteiger partial charge in [-0.15, -0.1) is 0 Å². The molecular formula is C12H27NO. The van der Waals surface area contributed by atoms with Crippen LogP contribution in [0, 0.1) is 0 Å². The summed E-state index contributed by atoms with van der Waals surface area (Å²) in [5.41, 5.74) is 0. The summed E-state index contributed by atoms with van der Waals surface area (Å²) >= 11 is 0. The van der Waals surface area contributed by atoms with Gasteiger partial charge in [0.15, 0.2) is 0 Å². The molecule has 1 amide bonds. The minimum Gasteiger partial charge on any atom is -0.340 e. The van der Waals surface area contributed by atoms with Gasteiger partial charge in [0, 0.05) is 19.0 Å². The Morgan fingerprint density at radius 1 is 1.29 bits per heavy atom. The van der Waals surface area contributed by atoms with Crippen molar-refractivity contribution in [1.29, 1.82) is 0 Å². The average molecular weight is 201 g/mol. The lowest BCUT2D eigenvalue weighted by molar-refractivity contribution is -0.132. The molecule has 0 bridgehead atoms. The maximum Gasteiger partial charge on any atom is 0.222 e. The highest BCUT2D eigenvalue weighted by Crippen LogP contribution is 2.14. The molecule has 0 aromatic rings. The van der Waals surface area contributed by atoms with Crippen molar-refractivity contribution >= 4 is 5.91 Å². The number of amides is 1. The molecule has 2 heteroatoms. The summed E-state index contributed by atoms with van der Waals surface area (Å²) in [6.45, 7) is 5.26. The van der Waals surface area contributed by atoms with Gasteiger partial charge in [-0.25, -0.2) is 0 Å². The first kappa shape index (κ1) is 15.9. The largest absolute Gasteiger partial charge is 0.340 e. The van der Waals surface area contributed by atoms with Crippen molar-refractivity contribution < 1.29 is 4.79 Å². The molecule has 1 heterocycles. The van der Waals surface area contributed by atoms with E-state index in [0.717, 1.165) is 25.8 Å². The van der Waals surface area contributed by atoms with E-state index in [9.17, 15) is 4.79 Å². The zero-order valence-corrected chi connectivity index (χ0v) is 8.18. The van der Waals surface area contributed by atoms with Crippen molar-refractivity contribution in [2.45, 2.75) is 66.8 Å². The van der Waals surface area contributed by atoms with Crippen LogP contribution in [0.15, 0.2) is 0 Å². The highest BCUT2D eigenvalue weighted by molar-refractivity contribution is 5.76. The number of hydrogen-bond donors (Lipinski definition) is 0. The minimum absolute atomic E-state index is 0. The monoisotopic (exact) mass is 201 g/mol. The van der Waals surface area contributed by atoms with Crippen LogP contribution in [0.1, 0.15) is 60.8 Å². The van der Waals surface area contributed by atoms with Gasteiger partial charge in [-0.2, -0.15) is 0 Å². The highest BCUT2D eigenvalue weighted by atomic mass is 16.2. The molecule has 14 heavy (non-hydrogen) atoms. The Labute approximate surface area is 89.7 Å². The van der Waals surface area contributed by atoms with Crippen molar-refractivity contribution in [3.8, 4) is 0 Å². The lowest BCUT2D eigenvalue weighted by Gasteiger charge is -2.26. The number of nitrogens with zero attached hydrogens (tertiary/aromatic N) is 1. The van der Waals surface area contributed by atoms with Crippen LogP contribution in [0.3, 0.4) is 0 Å². The highest BCUT2D eigenvalue weighted by Gasteiger charge is 2.19. The molecule has 0 saturated carbocycles. The summed E-state index contributed by atoms with van der Waals surface area (Å²) in [7, 11) is 0. The Balaban J connectivity index is 0. The van der Waals surface area contributed by atoms with E-state index in [1.54, 1.807) is 0 Å². The Morgan fingerprint density at radius 2 is 1.93 bits per heavy atom. The fourth-order valence-corrected chi connectivity index (χ4v) is 1.69. The minimum atomic E-state index is 0. The van der Waals surface area contributed by atoms with E-state index < -0.39 is 0 Å². The van der Waals surface area contributed by atoms with E-state index in [1.807, 2.05) is 4.90 Å². The molecule has 1 unspecified atom stereocenters. The topological polar surface area (TPSA) is 20.3 Å². The van der Waals surface area contributed by atoms with Crippen LogP contribution in [-0.2, 0) is 4.79 Å². The summed E-state index contributed by atoms with van der Waals surface area (Å²) in [5, 5.41) is 0. The quantitative estimate of drug-likeness (QED) is 0.670. The standard InChI is InChI=1S/C10H19NO.2CH4/c1-3-9(2)11-8-6-4-5-7-10(11)12;;/h9H,3-8H2,1-2H3;2*1H4. The van der Waals surface area contributed by atoms with Crippen LogP contribution in [-0.4, -0.2) is 23.4 Å². The number of carbonyl (C=O) groups excluding carboxylic acids is 1. The van der Waals surface area contributed by atoms with E-state index in [0.29, 0.717) is 11.9 Å². The van der Waals surface area contributed by atoms with Crippen molar-refractivity contribution in [2.24, 2.45) is 0 Å². The predicted octanol–water partition coefficient (Wildman–Crippen LogP) is 3.46. The number of rotatable bonds is 2. The number of carbonyl (C=O) groups is 1. The van der Waals surface area contributed by atoms with Crippen molar-refractivity contribution in [1.82, 2.24) is 4.90 Å². The van der Waals surface area contributed by atoms with Gasteiger partial charge in [-0.05, 0) is 26.2 Å². The van der Waals surface area contributed by atoms with Gasteiger partial charge in [0.1, 0.15) is 0 Å². The van der Waals surface area contributed by atoms with Crippen LogP contribution in [0.2, 0.25) is 0 Å². The molecule has 0 spiro atoms. The zero-order chi connectivity index (χ0) is 8.97. The lowest BCUT2D eigenvalue weighted by Crippen LogP contribution is -2.37. The van der Waals surface area contributed by atoms with Crippen LogP contribution in [0.4, 0.5) is 0 Å². The van der Waals surface area contributed by atoms with Crippen molar-refractivity contribution in [3.63, 3.8) is 0 Å². The average Bonchev–Trinajstić information content (AvgIpc) is 2.28. The van der Waals surface area contributed by atoms with Crippen molar-refractivity contribution in [3.05, 3.63) is 0 Å². The molecule has 1 atom stereocenters. The number of likely N-dealkylation sites (tertiary alicyclic amines) is 1. The summed E-state index contributed by atoms with van der Waals surface area (Å²) in [4.78, 5) is 13.6. The first-order valence-electron chi connectivity index (χ1n) is 5.05. The molecule has 0 aromatic heterocycles. The maximum atomic E-state index is 11.5. The second-order valence-corrected chi connectivity index (χ2v) is 3.66. The van der Waals surface area contributed by atoms with E-state index >= 15 is 0 Å². The molecule has 0 aliphatic carbocycles. The van der Waals surface area contributed by atoms with Gasteiger partial charge >= 0.3 is 0 Å². The fraction of sp³-hybridized carbons (Fsp3) is 0.917. The Kier molecular flexibility index (Phi) is 8.91. The fourth-order valence-electron chi connectivity index (χ4n) is 1.69. The van der Waals surface area contributed by atoms with Gasteiger partial charge < -0.3 is 4.90 Å². The summed E-state index contributed by atoms with van der Waals surface area (Å²) in [5.74, 6) is 0.363. The second kappa shape index (κ2) is 7.84. The summed E-state index contributed by atoms with van der Waals surface area (Å²) in [6.07, 6.45) is 5.34. The Morgan fingerprint density at radius 3 is 2.50 bits per heavy atom. The third-order valence-corrected chi connectivity index (χ3v) is 2.73. The molecule has 1 rings (SSSR count). The molecule has 1 saturated heterocycles. The van der Waals surface area contributed by atoms with Gasteiger partial charge in [-0.1, -0.05) is 28.2 Å². The summed E-state index contributed by atoms with van der Waals surface area (Å²) < 4.78 is 0. The molecular weight excluding hydrogens is 174 g/mol. The first-order chi connectivity index (χ1) is 5.75. The third-order valence-electron chi connectivity index (χ3n) is 2.73. The molecule has 0 aromatic carbocycles. The second-order valence-electron chi connectivity index (χ2n) is 3.66. The van der Waals surface area contributed by atoms with Crippen LogP contribution in [0.5, 0.6) is 0 Å². The predicted molar refractivity (Wildman–Crippen MR) is 63.4 cm³/mol. The van der Waals surface area contributed by atoms with E-state index in [2.05, 4.69) is 13.8 Å². The lowest BCUT2D eigenvalue weighted by atomic mass is 10.2. The smallest absolute Gasteiger partial charge is 0.222 e. The SMILES string of the molecule is C.C.CCC(C)N1CCCCCC1=O. The molecule has 0 N–H and O–H groups in total. The van der Waals surface area contributed by atoms with E-state index in [-0.39, 0.29) is 14.9 Å². The van der Waals surface area contributed by atoms with Crippen LogP contribution < -0.4 is 0 Å². The Hall–Kier alpha value is -0.530. The molecule has 0 radical (unpaired) electrons. The first-order valence-corrected chi connectivity index (χ1v) is 5.05. The maximum absolute atomic E-state index is 11.5. The molecule has 1 aliphatic rings. The molecule has 1 aliphatic heterocycles. The van der Waals surface area contributed by atoms with Crippen LogP contribution >= 0.6 is 0 Å². The number of hydrogen-bond acceptors (Lipinski definition) is 1. The van der Waals surface area contributed by atoms with Gasteiger partial charge in [0.25, 0.3) is 0 Å². The van der Waals surface area contributed by atoms with E-state index in [1.165, 1.54) is 12.8 Å².